The lowest BCUT2D eigenvalue weighted by atomic mass is 10.1. The maximum absolute atomic E-state index is 11.9. The summed E-state index contributed by atoms with van der Waals surface area (Å²) in [7, 11) is 0. The predicted octanol–water partition coefficient (Wildman–Crippen LogP) is 1.18. The minimum Gasteiger partial charge on any atom is -0.476 e. The standard InChI is InChI=1S/C11H10N2O3/c1-2-6-4-3-5-7-8(6)10(14)9(11(15)16)13-12-7/h3-5H,2H2,1H3,(H,12,14)(H,15,16). The molecular formula is C11H10N2O3. The number of rotatable bonds is 2. The Morgan fingerprint density at radius 2 is 2.25 bits per heavy atom. The Hall–Kier alpha value is -2.17. The Labute approximate surface area is 90.7 Å². The van der Waals surface area contributed by atoms with E-state index in [0.29, 0.717) is 17.3 Å². The first-order valence-electron chi connectivity index (χ1n) is 4.88. The zero-order valence-corrected chi connectivity index (χ0v) is 8.65. The topological polar surface area (TPSA) is 83.1 Å². The number of fused-ring (bicyclic) bond motifs is 1. The van der Waals surface area contributed by atoms with Gasteiger partial charge in [0.2, 0.25) is 11.1 Å². The minimum absolute atomic E-state index is 0.414. The van der Waals surface area contributed by atoms with Crippen molar-refractivity contribution in [3.05, 3.63) is 39.7 Å². The van der Waals surface area contributed by atoms with Gasteiger partial charge >= 0.3 is 5.97 Å². The fraction of sp³-hybridized carbons (Fsp3) is 0.182. The molecule has 0 aliphatic rings. The third-order valence-electron chi connectivity index (χ3n) is 2.46. The molecule has 1 aromatic carbocycles. The Bertz CT molecular complexity index is 616. The zero-order chi connectivity index (χ0) is 11.7. The molecule has 0 radical (unpaired) electrons. The van der Waals surface area contributed by atoms with Gasteiger partial charge in [-0.05, 0) is 18.1 Å². The summed E-state index contributed by atoms with van der Waals surface area (Å²) in [6.07, 6.45) is 0.670. The van der Waals surface area contributed by atoms with Crippen LogP contribution in [-0.4, -0.2) is 21.3 Å². The van der Waals surface area contributed by atoms with Crippen molar-refractivity contribution in [2.75, 3.05) is 0 Å². The molecule has 5 heteroatoms. The number of nitrogens with one attached hydrogen (secondary N) is 1. The van der Waals surface area contributed by atoms with Gasteiger partial charge in [0.1, 0.15) is 0 Å². The second kappa shape index (κ2) is 3.77. The summed E-state index contributed by atoms with van der Waals surface area (Å²) in [4.78, 5) is 22.7. The van der Waals surface area contributed by atoms with Gasteiger partial charge in [-0.2, -0.15) is 5.10 Å². The summed E-state index contributed by atoms with van der Waals surface area (Å²) in [6, 6.07) is 5.32. The van der Waals surface area contributed by atoms with E-state index in [2.05, 4.69) is 10.2 Å². The van der Waals surface area contributed by atoms with Crippen LogP contribution in [-0.2, 0) is 6.42 Å². The Morgan fingerprint density at radius 3 is 2.88 bits per heavy atom. The van der Waals surface area contributed by atoms with E-state index in [1.54, 1.807) is 12.1 Å². The molecule has 0 aliphatic carbocycles. The Morgan fingerprint density at radius 1 is 1.50 bits per heavy atom. The number of aromatic carboxylic acids is 1. The number of aromatic amines is 1. The van der Waals surface area contributed by atoms with Gasteiger partial charge in [0.25, 0.3) is 0 Å². The van der Waals surface area contributed by atoms with Crippen molar-refractivity contribution in [3.8, 4) is 0 Å². The fourth-order valence-corrected chi connectivity index (χ4v) is 1.69. The number of nitrogens with zero attached hydrogens (tertiary/aromatic N) is 1. The average Bonchev–Trinajstić information content (AvgIpc) is 2.28. The number of hydrogen-bond acceptors (Lipinski definition) is 3. The number of hydrogen-bond donors (Lipinski definition) is 2. The fourth-order valence-electron chi connectivity index (χ4n) is 1.69. The van der Waals surface area contributed by atoms with E-state index >= 15 is 0 Å². The highest BCUT2D eigenvalue weighted by Crippen LogP contribution is 2.13. The molecule has 2 N–H and O–H groups in total. The molecular weight excluding hydrogens is 208 g/mol. The molecule has 0 saturated carbocycles. The Kier molecular flexibility index (Phi) is 2.44. The maximum Gasteiger partial charge on any atom is 0.360 e. The van der Waals surface area contributed by atoms with Crippen LogP contribution < -0.4 is 5.43 Å². The monoisotopic (exact) mass is 218 g/mol. The van der Waals surface area contributed by atoms with Gasteiger partial charge in [-0.25, -0.2) is 4.79 Å². The van der Waals surface area contributed by atoms with Crippen LogP contribution in [0, 0.1) is 0 Å². The van der Waals surface area contributed by atoms with E-state index in [0.717, 1.165) is 5.56 Å². The molecule has 0 atom stereocenters. The molecule has 16 heavy (non-hydrogen) atoms. The number of benzene rings is 1. The van der Waals surface area contributed by atoms with E-state index in [4.69, 9.17) is 5.11 Å². The molecule has 0 unspecified atom stereocenters. The summed E-state index contributed by atoms with van der Waals surface area (Å²) in [5, 5.41) is 15.4. The first kappa shape index (κ1) is 10.4. The van der Waals surface area contributed by atoms with Gasteiger partial charge in [-0.3, -0.25) is 9.89 Å². The third kappa shape index (κ3) is 1.46. The van der Waals surface area contributed by atoms with E-state index in [9.17, 15) is 9.59 Å². The van der Waals surface area contributed by atoms with E-state index in [1.807, 2.05) is 13.0 Å². The average molecular weight is 218 g/mol. The van der Waals surface area contributed by atoms with Crippen molar-refractivity contribution < 1.29 is 9.90 Å². The van der Waals surface area contributed by atoms with Gasteiger partial charge in [0.05, 0.1) is 10.9 Å². The lowest BCUT2D eigenvalue weighted by Gasteiger charge is -2.03. The van der Waals surface area contributed by atoms with Crippen LogP contribution in [0.5, 0.6) is 0 Å². The zero-order valence-electron chi connectivity index (χ0n) is 8.65. The maximum atomic E-state index is 11.9. The molecule has 2 aromatic rings. The molecule has 0 aliphatic heterocycles. The van der Waals surface area contributed by atoms with Crippen LogP contribution in [0.25, 0.3) is 10.9 Å². The summed E-state index contributed by atoms with van der Waals surface area (Å²) in [5.74, 6) is -1.31. The number of H-pyrrole nitrogens is 1. The summed E-state index contributed by atoms with van der Waals surface area (Å²) < 4.78 is 0. The first-order chi connectivity index (χ1) is 7.65. The SMILES string of the molecule is CCc1cccc2[nH]nc(C(=O)O)c(=O)c12. The first-order valence-corrected chi connectivity index (χ1v) is 4.88. The van der Waals surface area contributed by atoms with Crippen LogP contribution >= 0.6 is 0 Å². The van der Waals surface area contributed by atoms with Crippen molar-refractivity contribution in [3.63, 3.8) is 0 Å². The van der Waals surface area contributed by atoms with Gasteiger partial charge in [-0.15, -0.1) is 0 Å². The van der Waals surface area contributed by atoms with Crippen molar-refractivity contribution in [2.45, 2.75) is 13.3 Å². The van der Waals surface area contributed by atoms with Crippen LogP contribution in [0.4, 0.5) is 0 Å². The number of carboxylic acid groups (broad SMARTS) is 1. The molecule has 0 spiro atoms. The molecule has 1 heterocycles. The highest BCUT2D eigenvalue weighted by Gasteiger charge is 2.14. The number of aromatic nitrogens is 2. The molecule has 82 valence electrons. The third-order valence-corrected chi connectivity index (χ3v) is 2.46. The Balaban J connectivity index is 2.92. The molecule has 0 fully saturated rings. The van der Waals surface area contributed by atoms with Crippen molar-refractivity contribution in [1.82, 2.24) is 10.2 Å². The summed E-state index contributed by atoms with van der Waals surface area (Å²) in [6.45, 7) is 1.91. The lowest BCUT2D eigenvalue weighted by molar-refractivity contribution is 0.0688. The molecule has 0 saturated heterocycles. The number of aryl methyl sites for hydroxylation is 1. The van der Waals surface area contributed by atoms with Gasteiger partial charge in [0.15, 0.2) is 0 Å². The van der Waals surface area contributed by atoms with Crippen LogP contribution in [0.1, 0.15) is 23.0 Å². The van der Waals surface area contributed by atoms with E-state index in [-0.39, 0.29) is 0 Å². The predicted molar refractivity (Wildman–Crippen MR) is 58.7 cm³/mol. The van der Waals surface area contributed by atoms with Gasteiger partial charge < -0.3 is 5.11 Å². The van der Waals surface area contributed by atoms with Crippen molar-refractivity contribution >= 4 is 16.9 Å². The largest absolute Gasteiger partial charge is 0.476 e. The molecule has 5 nitrogen and oxygen atoms in total. The molecule has 1 aromatic heterocycles. The summed E-state index contributed by atoms with van der Waals surface area (Å²) in [5.41, 5.74) is 0.394. The second-order valence-electron chi connectivity index (χ2n) is 3.40. The normalized spacial score (nSPS) is 10.6. The van der Waals surface area contributed by atoms with Crippen LogP contribution in [0.15, 0.2) is 23.0 Å². The quantitative estimate of drug-likeness (QED) is 0.792. The van der Waals surface area contributed by atoms with Crippen LogP contribution in [0.3, 0.4) is 0 Å². The van der Waals surface area contributed by atoms with Crippen LogP contribution in [0.2, 0.25) is 0 Å². The highest BCUT2D eigenvalue weighted by molar-refractivity contribution is 5.91. The van der Waals surface area contributed by atoms with Crippen molar-refractivity contribution in [1.29, 1.82) is 0 Å². The molecule has 0 amide bonds. The number of carboxylic acids is 1. The summed E-state index contributed by atoms with van der Waals surface area (Å²) >= 11 is 0. The second-order valence-corrected chi connectivity index (χ2v) is 3.40. The molecule has 2 rings (SSSR count). The molecule has 0 bridgehead atoms. The lowest BCUT2D eigenvalue weighted by Crippen LogP contribution is -2.19. The van der Waals surface area contributed by atoms with Gasteiger partial charge in [0, 0.05) is 0 Å². The highest BCUT2D eigenvalue weighted by atomic mass is 16.4. The van der Waals surface area contributed by atoms with E-state index < -0.39 is 17.1 Å². The minimum atomic E-state index is -1.31. The van der Waals surface area contributed by atoms with E-state index in [1.165, 1.54) is 0 Å². The number of carbonyl (C=O) groups is 1. The van der Waals surface area contributed by atoms with Crippen molar-refractivity contribution in [2.24, 2.45) is 0 Å². The smallest absolute Gasteiger partial charge is 0.360 e. The van der Waals surface area contributed by atoms with Gasteiger partial charge in [-0.1, -0.05) is 19.1 Å².